The second-order valence-corrected chi connectivity index (χ2v) is 3.49. The average Bonchev–Trinajstić information content (AvgIpc) is 2.23. The van der Waals surface area contributed by atoms with Crippen molar-refractivity contribution in [3.63, 3.8) is 0 Å². The lowest BCUT2D eigenvalue weighted by Crippen LogP contribution is -2.07. The zero-order valence-corrected chi connectivity index (χ0v) is 9.80. The second kappa shape index (κ2) is 5.51. The van der Waals surface area contributed by atoms with Gasteiger partial charge in [-0.2, -0.15) is 0 Å². The Morgan fingerprint density at radius 1 is 1.56 bits per heavy atom. The van der Waals surface area contributed by atoms with Crippen LogP contribution in [0.25, 0.3) is 0 Å². The van der Waals surface area contributed by atoms with E-state index in [1.54, 1.807) is 0 Å². The van der Waals surface area contributed by atoms with Gasteiger partial charge in [0.1, 0.15) is 17.1 Å². The molecule has 16 heavy (non-hydrogen) atoms. The Morgan fingerprint density at radius 3 is 2.75 bits per heavy atom. The van der Waals surface area contributed by atoms with E-state index in [2.05, 4.69) is 5.32 Å². The predicted molar refractivity (Wildman–Crippen MR) is 62.3 cm³/mol. The first-order valence-electron chi connectivity index (χ1n) is 4.77. The molecule has 1 N–H and O–H groups in total. The summed E-state index contributed by atoms with van der Waals surface area (Å²) in [7, 11) is 0. The van der Waals surface area contributed by atoms with E-state index in [1.807, 2.05) is 6.92 Å². The average molecular weight is 242 g/mol. The molecule has 86 valence electrons. The number of aldehydes is 1. The highest BCUT2D eigenvalue weighted by atomic mass is 35.5. The van der Waals surface area contributed by atoms with Crippen molar-refractivity contribution in [3.05, 3.63) is 22.7 Å². The second-order valence-electron chi connectivity index (χ2n) is 3.11. The maximum Gasteiger partial charge on any atom is 0.221 e. The molecule has 0 saturated heterocycles. The summed E-state index contributed by atoms with van der Waals surface area (Å²) in [5, 5.41) is 2.83. The Hall–Kier alpha value is -1.55. The van der Waals surface area contributed by atoms with Gasteiger partial charge in [0.05, 0.1) is 12.3 Å². The number of carbonyl (C=O) groups excluding carboxylic acids is 2. The minimum Gasteiger partial charge on any atom is -0.492 e. The van der Waals surface area contributed by atoms with Crippen molar-refractivity contribution in [3.8, 4) is 5.75 Å². The zero-order valence-electron chi connectivity index (χ0n) is 9.04. The lowest BCUT2D eigenvalue weighted by Gasteiger charge is -2.11. The fourth-order valence-electron chi connectivity index (χ4n) is 1.23. The molecular formula is C11H12ClNO3. The number of hydrogen-bond acceptors (Lipinski definition) is 3. The molecule has 0 saturated carbocycles. The standard InChI is InChI=1S/C11H12ClNO3/c1-3-16-10-5-8(6-14)4-9(11(10)12)13-7(2)15/h4-6H,3H2,1-2H3,(H,13,15). The summed E-state index contributed by atoms with van der Waals surface area (Å²) < 4.78 is 5.26. The van der Waals surface area contributed by atoms with Crippen molar-refractivity contribution < 1.29 is 14.3 Å². The molecule has 0 aliphatic heterocycles. The zero-order chi connectivity index (χ0) is 12.1. The first kappa shape index (κ1) is 12.5. The number of anilines is 1. The largest absolute Gasteiger partial charge is 0.492 e. The highest BCUT2D eigenvalue weighted by Crippen LogP contribution is 2.33. The Balaban J connectivity index is 3.19. The van der Waals surface area contributed by atoms with Gasteiger partial charge in [-0.3, -0.25) is 9.59 Å². The van der Waals surface area contributed by atoms with E-state index in [4.69, 9.17) is 16.3 Å². The van der Waals surface area contributed by atoms with E-state index in [-0.39, 0.29) is 5.91 Å². The molecule has 0 aliphatic rings. The van der Waals surface area contributed by atoms with Gasteiger partial charge in [-0.1, -0.05) is 11.6 Å². The van der Waals surface area contributed by atoms with Crippen molar-refractivity contribution in [2.45, 2.75) is 13.8 Å². The minimum absolute atomic E-state index is 0.257. The van der Waals surface area contributed by atoms with Crippen LogP contribution in [-0.4, -0.2) is 18.8 Å². The Labute approximate surface area is 98.5 Å². The first-order valence-corrected chi connectivity index (χ1v) is 5.15. The molecule has 1 rings (SSSR count). The molecule has 0 aromatic heterocycles. The van der Waals surface area contributed by atoms with Gasteiger partial charge in [-0.15, -0.1) is 0 Å². The number of carbonyl (C=O) groups is 2. The molecular weight excluding hydrogens is 230 g/mol. The van der Waals surface area contributed by atoms with Crippen molar-refractivity contribution in [1.82, 2.24) is 0 Å². The summed E-state index contributed by atoms with van der Waals surface area (Å²) >= 11 is 6.00. The number of benzene rings is 1. The molecule has 0 aliphatic carbocycles. The minimum atomic E-state index is -0.257. The van der Waals surface area contributed by atoms with Crippen LogP contribution in [0.3, 0.4) is 0 Å². The number of rotatable bonds is 4. The Kier molecular flexibility index (Phi) is 4.31. The van der Waals surface area contributed by atoms with Crippen LogP contribution in [0.15, 0.2) is 12.1 Å². The lowest BCUT2D eigenvalue weighted by molar-refractivity contribution is -0.114. The third kappa shape index (κ3) is 2.97. The number of hydrogen-bond donors (Lipinski definition) is 1. The molecule has 0 fully saturated rings. The van der Waals surface area contributed by atoms with Gasteiger partial charge >= 0.3 is 0 Å². The maximum atomic E-state index is 10.9. The van der Waals surface area contributed by atoms with Gasteiger partial charge in [0.25, 0.3) is 0 Å². The molecule has 0 heterocycles. The summed E-state index contributed by atoms with van der Waals surface area (Å²) in [6, 6.07) is 3.03. The van der Waals surface area contributed by atoms with E-state index in [1.165, 1.54) is 19.1 Å². The summed E-state index contributed by atoms with van der Waals surface area (Å²) in [6.45, 7) is 3.60. The van der Waals surface area contributed by atoms with Crippen LogP contribution in [0.1, 0.15) is 24.2 Å². The van der Waals surface area contributed by atoms with E-state index < -0.39 is 0 Å². The highest BCUT2D eigenvalue weighted by Gasteiger charge is 2.10. The maximum absolute atomic E-state index is 10.9. The number of halogens is 1. The SMILES string of the molecule is CCOc1cc(C=O)cc(NC(C)=O)c1Cl. The third-order valence-electron chi connectivity index (χ3n) is 1.81. The smallest absolute Gasteiger partial charge is 0.221 e. The number of ether oxygens (including phenoxy) is 1. The van der Waals surface area contributed by atoms with Gasteiger partial charge in [0.15, 0.2) is 0 Å². The predicted octanol–water partition coefficient (Wildman–Crippen LogP) is 2.51. The molecule has 0 bridgehead atoms. The first-order chi connectivity index (χ1) is 7.58. The van der Waals surface area contributed by atoms with Crippen molar-refractivity contribution in [2.24, 2.45) is 0 Å². The Morgan fingerprint density at radius 2 is 2.25 bits per heavy atom. The fraction of sp³-hybridized carbons (Fsp3) is 0.273. The van der Waals surface area contributed by atoms with Gasteiger partial charge in [0, 0.05) is 12.5 Å². The van der Waals surface area contributed by atoms with Crippen LogP contribution in [0, 0.1) is 0 Å². The van der Waals surface area contributed by atoms with Crippen molar-refractivity contribution >= 4 is 29.5 Å². The van der Waals surface area contributed by atoms with E-state index in [0.717, 1.165) is 0 Å². The molecule has 0 radical (unpaired) electrons. The topological polar surface area (TPSA) is 55.4 Å². The summed E-state index contributed by atoms with van der Waals surface area (Å²) in [4.78, 5) is 21.6. The van der Waals surface area contributed by atoms with Gasteiger partial charge in [-0.05, 0) is 19.1 Å². The summed E-state index contributed by atoms with van der Waals surface area (Å²) in [6.07, 6.45) is 0.671. The lowest BCUT2D eigenvalue weighted by atomic mass is 10.2. The van der Waals surface area contributed by atoms with Crippen LogP contribution in [0.4, 0.5) is 5.69 Å². The monoisotopic (exact) mass is 241 g/mol. The quantitative estimate of drug-likeness (QED) is 0.824. The van der Waals surface area contributed by atoms with Crippen LogP contribution in [-0.2, 0) is 4.79 Å². The number of nitrogens with one attached hydrogen (secondary N) is 1. The Bertz CT molecular complexity index is 418. The van der Waals surface area contributed by atoms with E-state index in [0.29, 0.717) is 34.9 Å². The molecule has 4 nitrogen and oxygen atoms in total. The van der Waals surface area contributed by atoms with Crippen molar-refractivity contribution in [1.29, 1.82) is 0 Å². The highest BCUT2D eigenvalue weighted by molar-refractivity contribution is 6.35. The van der Waals surface area contributed by atoms with Crippen LogP contribution in [0.5, 0.6) is 5.75 Å². The van der Waals surface area contributed by atoms with E-state index in [9.17, 15) is 9.59 Å². The van der Waals surface area contributed by atoms with Gasteiger partial charge in [-0.25, -0.2) is 0 Å². The molecule has 0 spiro atoms. The molecule has 5 heteroatoms. The fourth-order valence-corrected chi connectivity index (χ4v) is 1.44. The van der Waals surface area contributed by atoms with E-state index >= 15 is 0 Å². The summed E-state index contributed by atoms with van der Waals surface area (Å²) in [5.41, 5.74) is 0.777. The molecule has 0 atom stereocenters. The van der Waals surface area contributed by atoms with Crippen LogP contribution in [0.2, 0.25) is 5.02 Å². The third-order valence-corrected chi connectivity index (χ3v) is 2.20. The molecule has 0 unspecified atom stereocenters. The molecule has 1 aromatic carbocycles. The number of amides is 1. The normalized spacial score (nSPS) is 9.69. The van der Waals surface area contributed by atoms with Gasteiger partial charge in [0.2, 0.25) is 5.91 Å². The van der Waals surface area contributed by atoms with Crippen LogP contribution < -0.4 is 10.1 Å². The van der Waals surface area contributed by atoms with Crippen LogP contribution >= 0.6 is 11.6 Å². The molecule has 1 aromatic rings. The van der Waals surface area contributed by atoms with Gasteiger partial charge < -0.3 is 10.1 Å². The van der Waals surface area contributed by atoms with Crippen molar-refractivity contribution in [2.75, 3.05) is 11.9 Å². The summed E-state index contributed by atoms with van der Waals surface area (Å²) in [5.74, 6) is 0.130. The molecule has 1 amide bonds.